The predicted molar refractivity (Wildman–Crippen MR) is 85.4 cm³/mol. The number of aromatic carboxylic acids is 1. The Bertz CT molecular complexity index is 833. The molecule has 2 aromatic carbocycles. The number of anilines is 1. The molecule has 0 aromatic heterocycles. The number of nitrogens with one attached hydrogen (secondary N) is 1. The molecule has 22 heavy (non-hydrogen) atoms. The van der Waals surface area contributed by atoms with Crippen LogP contribution in [-0.2, 0) is 10.0 Å². The highest BCUT2D eigenvalue weighted by molar-refractivity contribution is 7.92. The van der Waals surface area contributed by atoms with Gasteiger partial charge in [-0.2, -0.15) is 0 Å². The van der Waals surface area contributed by atoms with Crippen LogP contribution in [0.2, 0.25) is 10.0 Å². The number of aryl methyl sites for hydroxylation is 1. The van der Waals surface area contributed by atoms with E-state index in [2.05, 4.69) is 4.72 Å². The van der Waals surface area contributed by atoms with Gasteiger partial charge in [-0.1, -0.05) is 40.9 Å². The third kappa shape index (κ3) is 3.52. The average Bonchev–Trinajstić information content (AvgIpc) is 2.42. The molecule has 2 N–H and O–H groups in total. The fourth-order valence-corrected chi connectivity index (χ4v) is 3.13. The van der Waals surface area contributed by atoms with Gasteiger partial charge in [-0.25, -0.2) is 13.2 Å². The summed E-state index contributed by atoms with van der Waals surface area (Å²) in [5.41, 5.74) is 0.465. The first kappa shape index (κ1) is 16.6. The molecule has 0 saturated carbocycles. The van der Waals surface area contributed by atoms with Crippen LogP contribution in [0.5, 0.6) is 0 Å². The standard InChI is InChI=1S/C14H11Cl2NO4S/c1-8-2-4-9(5-3-8)22(20,21)17-13-7-12(16)11(15)6-10(13)14(18)19/h2-7,17H,1H3,(H,18,19). The Morgan fingerprint density at radius 1 is 1.09 bits per heavy atom. The second-order valence-electron chi connectivity index (χ2n) is 4.54. The summed E-state index contributed by atoms with van der Waals surface area (Å²) in [5, 5.41) is 9.22. The summed E-state index contributed by atoms with van der Waals surface area (Å²) in [4.78, 5) is 11.2. The van der Waals surface area contributed by atoms with E-state index >= 15 is 0 Å². The highest BCUT2D eigenvalue weighted by Gasteiger charge is 2.20. The van der Waals surface area contributed by atoms with Gasteiger partial charge < -0.3 is 5.11 Å². The van der Waals surface area contributed by atoms with Crippen LogP contribution in [0.4, 0.5) is 5.69 Å². The van der Waals surface area contributed by atoms with Crippen LogP contribution in [0, 0.1) is 6.92 Å². The molecular weight excluding hydrogens is 349 g/mol. The van der Waals surface area contributed by atoms with E-state index in [1.54, 1.807) is 12.1 Å². The van der Waals surface area contributed by atoms with Crippen molar-refractivity contribution >= 4 is 44.9 Å². The summed E-state index contributed by atoms with van der Waals surface area (Å²) in [5.74, 6) is -1.32. The van der Waals surface area contributed by atoms with Gasteiger partial charge in [0.1, 0.15) is 0 Å². The number of carboxylic acid groups (broad SMARTS) is 1. The number of hydrogen-bond acceptors (Lipinski definition) is 3. The molecule has 0 radical (unpaired) electrons. The van der Waals surface area contributed by atoms with Crippen LogP contribution in [-0.4, -0.2) is 19.5 Å². The lowest BCUT2D eigenvalue weighted by Gasteiger charge is -2.12. The number of carbonyl (C=O) groups is 1. The van der Waals surface area contributed by atoms with Gasteiger partial charge in [-0.3, -0.25) is 4.72 Å². The lowest BCUT2D eigenvalue weighted by Crippen LogP contribution is -2.15. The Kier molecular flexibility index (Phi) is 4.65. The van der Waals surface area contributed by atoms with Crippen molar-refractivity contribution < 1.29 is 18.3 Å². The van der Waals surface area contributed by atoms with E-state index in [1.165, 1.54) is 18.2 Å². The third-order valence-electron chi connectivity index (χ3n) is 2.87. The number of sulfonamides is 1. The van der Waals surface area contributed by atoms with E-state index in [0.29, 0.717) is 0 Å². The van der Waals surface area contributed by atoms with Crippen molar-refractivity contribution in [2.75, 3.05) is 4.72 Å². The van der Waals surface area contributed by atoms with Crippen molar-refractivity contribution in [1.29, 1.82) is 0 Å². The highest BCUT2D eigenvalue weighted by Crippen LogP contribution is 2.30. The summed E-state index contributed by atoms with van der Waals surface area (Å²) >= 11 is 11.6. The van der Waals surface area contributed by atoms with Crippen LogP contribution in [0.1, 0.15) is 15.9 Å². The first-order chi connectivity index (χ1) is 10.2. The number of carboxylic acids is 1. The molecule has 0 fully saturated rings. The summed E-state index contributed by atoms with van der Waals surface area (Å²) in [6.07, 6.45) is 0. The molecule has 0 spiro atoms. The minimum Gasteiger partial charge on any atom is -0.478 e. The Morgan fingerprint density at radius 2 is 1.64 bits per heavy atom. The molecule has 0 heterocycles. The molecule has 0 aliphatic heterocycles. The summed E-state index contributed by atoms with van der Waals surface area (Å²) in [6.45, 7) is 1.82. The van der Waals surface area contributed by atoms with E-state index in [9.17, 15) is 13.2 Å². The molecule has 0 amide bonds. The van der Waals surface area contributed by atoms with E-state index in [1.807, 2.05) is 6.92 Å². The van der Waals surface area contributed by atoms with Crippen LogP contribution in [0.15, 0.2) is 41.3 Å². The average molecular weight is 360 g/mol. The molecule has 5 nitrogen and oxygen atoms in total. The number of halogens is 2. The maximum Gasteiger partial charge on any atom is 0.337 e. The zero-order valence-electron chi connectivity index (χ0n) is 11.3. The molecule has 2 aromatic rings. The normalized spacial score (nSPS) is 11.2. The minimum atomic E-state index is -3.93. The predicted octanol–water partition coefficient (Wildman–Crippen LogP) is 3.80. The summed E-state index contributed by atoms with van der Waals surface area (Å²) in [7, 11) is -3.93. The second kappa shape index (κ2) is 6.16. The molecule has 0 aliphatic carbocycles. The van der Waals surface area contributed by atoms with Crippen molar-refractivity contribution in [3.05, 3.63) is 57.6 Å². The maximum atomic E-state index is 12.3. The van der Waals surface area contributed by atoms with E-state index in [-0.39, 0.29) is 26.2 Å². The highest BCUT2D eigenvalue weighted by atomic mass is 35.5. The van der Waals surface area contributed by atoms with Crippen molar-refractivity contribution in [1.82, 2.24) is 0 Å². The van der Waals surface area contributed by atoms with Gasteiger partial charge in [0.15, 0.2) is 0 Å². The monoisotopic (exact) mass is 359 g/mol. The minimum absolute atomic E-state index is 0.0144. The zero-order chi connectivity index (χ0) is 16.5. The van der Waals surface area contributed by atoms with E-state index in [4.69, 9.17) is 28.3 Å². The van der Waals surface area contributed by atoms with Crippen LogP contribution in [0.3, 0.4) is 0 Å². The molecule has 2 rings (SSSR count). The molecule has 0 aliphatic rings. The van der Waals surface area contributed by atoms with Gasteiger partial charge in [0, 0.05) is 0 Å². The van der Waals surface area contributed by atoms with Crippen LogP contribution in [0.25, 0.3) is 0 Å². The van der Waals surface area contributed by atoms with Crippen molar-refractivity contribution in [2.45, 2.75) is 11.8 Å². The summed E-state index contributed by atoms with van der Waals surface area (Å²) in [6, 6.07) is 8.40. The smallest absolute Gasteiger partial charge is 0.337 e. The second-order valence-corrected chi connectivity index (χ2v) is 7.03. The first-order valence-corrected chi connectivity index (χ1v) is 8.26. The zero-order valence-corrected chi connectivity index (χ0v) is 13.6. The molecule has 8 heteroatoms. The number of hydrogen-bond donors (Lipinski definition) is 2. The fraction of sp³-hybridized carbons (Fsp3) is 0.0714. The maximum absolute atomic E-state index is 12.3. The van der Waals surface area contributed by atoms with Crippen molar-refractivity contribution in [2.24, 2.45) is 0 Å². The Morgan fingerprint density at radius 3 is 2.18 bits per heavy atom. The number of benzene rings is 2. The molecule has 116 valence electrons. The SMILES string of the molecule is Cc1ccc(S(=O)(=O)Nc2cc(Cl)c(Cl)cc2C(=O)O)cc1. The van der Waals surface area contributed by atoms with Crippen molar-refractivity contribution in [3.8, 4) is 0 Å². The Labute approximate surface area is 137 Å². The fourth-order valence-electron chi connectivity index (χ4n) is 1.73. The lowest BCUT2D eigenvalue weighted by atomic mass is 10.2. The molecule has 0 atom stereocenters. The van der Waals surface area contributed by atoms with Crippen molar-refractivity contribution in [3.63, 3.8) is 0 Å². The molecule has 0 unspecified atom stereocenters. The Hall–Kier alpha value is -1.76. The lowest BCUT2D eigenvalue weighted by molar-refractivity contribution is 0.0698. The molecular formula is C14H11Cl2NO4S. The first-order valence-electron chi connectivity index (χ1n) is 6.02. The molecule has 0 bridgehead atoms. The topological polar surface area (TPSA) is 83.5 Å². The van der Waals surface area contributed by atoms with Gasteiger partial charge in [-0.15, -0.1) is 0 Å². The largest absolute Gasteiger partial charge is 0.478 e. The quantitative estimate of drug-likeness (QED) is 0.869. The van der Waals surface area contributed by atoms with E-state index < -0.39 is 16.0 Å². The third-order valence-corrected chi connectivity index (χ3v) is 4.97. The van der Waals surface area contributed by atoms with Crippen LogP contribution >= 0.6 is 23.2 Å². The number of rotatable bonds is 4. The van der Waals surface area contributed by atoms with Gasteiger partial charge >= 0.3 is 5.97 Å². The van der Waals surface area contributed by atoms with Gasteiger partial charge in [0.25, 0.3) is 10.0 Å². The summed E-state index contributed by atoms with van der Waals surface area (Å²) < 4.78 is 26.8. The van der Waals surface area contributed by atoms with Gasteiger partial charge in [0.05, 0.1) is 26.2 Å². The van der Waals surface area contributed by atoms with Gasteiger partial charge in [0.2, 0.25) is 0 Å². The Balaban J connectivity index is 2.47. The van der Waals surface area contributed by atoms with Crippen LogP contribution < -0.4 is 4.72 Å². The van der Waals surface area contributed by atoms with Gasteiger partial charge in [-0.05, 0) is 31.2 Å². The molecule has 0 saturated heterocycles. The van der Waals surface area contributed by atoms with E-state index in [0.717, 1.165) is 11.6 Å².